The van der Waals surface area contributed by atoms with Crippen molar-refractivity contribution in [1.82, 2.24) is 4.98 Å². The number of hydrogen-bond donors (Lipinski definition) is 0. The third-order valence-corrected chi connectivity index (χ3v) is 3.64. The first kappa shape index (κ1) is 14.2. The molecule has 1 aromatic heterocycles. The van der Waals surface area contributed by atoms with E-state index < -0.39 is 0 Å². The van der Waals surface area contributed by atoms with Crippen molar-refractivity contribution in [2.75, 3.05) is 28.4 Å². The van der Waals surface area contributed by atoms with Gasteiger partial charge in [-0.15, -0.1) is 0 Å². The van der Waals surface area contributed by atoms with E-state index in [0.717, 1.165) is 5.56 Å². The van der Waals surface area contributed by atoms with Gasteiger partial charge in [0.15, 0.2) is 17.2 Å². The van der Waals surface area contributed by atoms with Crippen molar-refractivity contribution < 1.29 is 23.7 Å². The summed E-state index contributed by atoms with van der Waals surface area (Å²) in [5.74, 6) is 1.63. The van der Waals surface area contributed by atoms with E-state index in [1.54, 1.807) is 25.3 Å². The topological polar surface area (TPSA) is 66.9 Å². The molecule has 0 saturated carbocycles. The Labute approximate surface area is 127 Å². The van der Waals surface area contributed by atoms with Crippen LogP contribution in [0.15, 0.2) is 18.2 Å². The van der Waals surface area contributed by atoms with Crippen LogP contribution in [0.1, 0.15) is 16.1 Å². The monoisotopic (exact) mass is 301 g/mol. The average Bonchev–Trinajstić information content (AvgIpc) is 2.83. The standard InChI is InChI=1S/C16H15NO5/c1-19-11-5-8-9-6-13(21-3)16(22-4)17-14(9)15(18)10(8)7-12(11)20-2/h5-7H,1-4H3. The molecule has 1 aliphatic carbocycles. The maximum atomic E-state index is 12.6. The summed E-state index contributed by atoms with van der Waals surface area (Å²) in [6.45, 7) is 0. The number of aromatic nitrogens is 1. The zero-order valence-corrected chi connectivity index (χ0v) is 12.7. The molecule has 0 unspecified atom stereocenters. The third kappa shape index (κ3) is 1.88. The summed E-state index contributed by atoms with van der Waals surface area (Å²) in [5.41, 5.74) is 2.29. The molecular weight excluding hydrogens is 286 g/mol. The lowest BCUT2D eigenvalue weighted by Gasteiger charge is -2.10. The van der Waals surface area contributed by atoms with E-state index in [0.29, 0.717) is 34.1 Å². The molecule has 6 heteroatoms. The summed E-state index contributed by atoms with van der Waals surface area (Å²) in [5, 5.41) is 0. The smallest absolute Gasteiger partial charge is 0.257 e. The van der Waals surface area contributed by atoms with Crippen LogP contribution < -0.4 is 18.9 Å². The highest BCUT2D eigenvalue weighted by atomic mass is 16.5. The van der Waals surface area contributed by atoms with Gasteiger partial charge in [-0.1, -0.05) is 0 Å². The molecule has 3 rings (SSSR count). The molecular formula is C16H15NO5. The number of nitrogens with zero attached hydrogens (tertiary/aromatic N) is 1. The fourth-order valence-corrected chi connectivity index (χ4v) is 2.57. The predicted molar refractivity (Wildman–Crippen MR) is 79.3 cm³/mol. The largest absolute Gasteiger partial charge is 0.493 e. The van der Waals surface area contributed by atoms with Crippen LogP contribution in [-0.4, -0.2) is 39.2 Å². The summed E-state index contributed by atoms with van der Waals surface area (Å²) in [7, 11) is 6.09. The number of ether oxygens (including phenoxy) is 4. The van der Waals surface area contributed by atoms with Crippen molar-refractivity contribution in [2.45, 2.75) is 0 Å². The Kier molecular flexibility index (Phi) is 3.36. The Morgan fingerprint density at radius 2 is 1.27 bits per heavy atom. The van der Waals surface area contributed by atoms with Crippen molar-refractivity contribution in [3.8, 4) is 34.3 Å². The minimum absolute atomic E-state index is 0.174. The quantitative estimate of drug-likeness (QED) is 0.737. The van der Waals surface area contributed by atoms with Gasteiger partial charge in [0.05, 0.1) is 28.4 Å². The van der Waals surface area contributed by atoms with Gasteiger partial charge in [0.1, 0.15) is 5.69 Å². The lowest BCUT2D eigenvalue weighted by molar-refractivity contribution is 0.103. The molecule has 1 heterocycles. The molecule has 0 amide bonds. The van der Waals surface area contributed by atoms with E-state index >= 15 is 0 Å². The third-order valence-electron chi connectivity index (χ3n) is 3.64. The second kappa shape index (κ2) is 5.22. The van der Waals surface area contributed by atoms with Gasteiger partial charge in [0.2, 0.25) is 5.78 Å². The van der Waals surface area contributed by atoms with Crippen LogP contribution in [0, 0.1) is 0 Å². The van der Waals surface area contributed by atoms with Crippen molar-refractivity contribution in [3.05, 3.63) is 29.5 Å². The summed E-state index contributed by atoms with van der Waals surface area (Å²) < 4.78 is 21.0. The number of fused-ring (bicyclic) bond motifs is 3. The Morgan fingerprint density at radius 3 is 1.82 bits per heavy atom. The number of methoxy groups -OCH3 is 4. The second-order valence-corrected chi connectivity index (χ2v) is 4.68. The highest BCUT2D eigenvalue weighted by molar-refractivity contribution is 6.21. The molecule has 0 atom stereocenters. The highest BCUT2D eigenvalue weighted by Crippen LogP contribution is 2.44. The molecule has 0 fully saturated rings. The van der Waals surface area contributed by atoms with E-state index in [4.69, 9.17) is 18.9 Å². The van der Waals surface area contributed by atoms with Crippen molar-refractivity contribution in [1.29, 1.82) is 0 Å². The lowest BCUT2D eigenvalue weighted by Crippen LogP contribution is -2.02. The normalized spacial score (nSPS) is 11.7. The zero-order valence-electron chi connectivity index (χ0n) is 12.7. The van der Waals surface area contributed by atoms with E-state index in [9.17, 15) is 4.79 Å². The van der Waals surface area contributed by atoms with Crippen molar-refractivity contribution in [3.63, 3.8) is 0 Å². The predicted octanol–water partition coefficient (Wildman–Crippen LogP) is 2.33. The zero-order chi connectivity index (χ0) is 15.9. The maximum absolute atomic E-state index is 12.6. The molecule has 1 aromatic carbocycles. The summed E-state index contributed by atoms with van der Waals surface area (Å²) in [4.78, 5) is 16.8. The maximum Gasteiger partial charge on any atom is 0.257 e. The fourth-order valence-electron chi connectivity index (χ4n) is 2.57. The minimum atomic E-state index is -0.174. The Hall–Kier alpha value is -2.76. The van der Waals surface area contributed by atoms with Crippen LogP contribution in [-0.2, 0) is 0 Å². The van der Waals surface area contributed by atoms with Gasteiger partial charge in [-0.2, -0.15) is 0 Å². The minimum Gasteiger partial charge on any atom is -0.493 e. The average molecular weight is 301 g/mol. The number of carbonyl (C=O) groups is 1. The molecule has 0 radical (unpaired) electrons. The second-order valence-electron chi connectivity index (χ2n) is 4.68. The van der Waals surface area contributed by atoms with Crippen molar-refractivity contribution >= 4 is 5.78 Å². The van der Waals surface area contributed by atoms with E-state index in [-0.39, 0.29) is 11.7 Å². The first-order valence-corrected chi connectivity index (χ1v) is 6.58. The molecule has 22 heavy (non-hydrogen) atoms. The molecule has 1 aliphatic rings. The first-order valence-electron chi connectivity index (χ1n) is 6.58. The molecule has 0 aliphatic heterocycles. The molecule has 2 aromatic rings. The molecule has 0 spiro atoms. The van der Waals surface area contributed by atoms with Gasteiger partial charge < -0.3 is 18.9 Å². The van der Waals surface area contributed by atoms with Gasteiger partial charge >= 0.3 is 0 Å². The Morgan fingerprint density at radius 1 is 0.727 bits per heavy atom. The summed E-state index contributed by atoms with van der Waals surface area (Å²) in [6.07, 6.45) is 0. The highest BCUT2D eigenvalue weighted by Gasteiger charge is 2.32. The number of pyridine rings is 1. The van der Waals surface area contributed by atoms with Crippen LogP contribution in [0.25, 0.3) is 11.1 Å². The number of carbonyl (C=O) groups excluding carboxylic acids is 1. The molecule has 6 nitrogen and oxygen atoms in total. The number of rotatable bonds is 4. The molecule has 114 valence electrons. The number of ketones is 1. The van der Waals surface area contributed by atoms with Crippen LogP contribution in [0.5, 0.6) is 23.1 Å². The van der Waals surface area contributed by atoms with Gasteiger partial charge in [-0.05, 0) is 23.8 Å². The van der Waals surface area contributed by atoms with Crippen molar-refractivity contribution in [2.24, 2.45) is 0 Å². The Balaban J connectivity index is 2.26. The molecule has 0 bridgehead atoms. The number of benzene rings is 1. The lowest BCUT2D eigenvalue weighted by atomic mass is 10.1. The van der Waals surface area contributed by atoms with Gasteiger partial charge in [-0.25, -0.2) is 4.98 Å². The SMILES string of the molecule is COc1cc2c(cc1OC)-c1cc(OC)c(OC)nc1C2=O. The summed E-state index contributed by atoms with van der Waals surface area (Å²) in [6, 6.07) is 5.18. The van der Waals surface area contributed by atoms with E-state index in [1.165, 1.54) is 21.3 Å². The molecule has 0 N–H and O–H groups in total. The Bertz CT molecular complexity index is 706. The van der Waals surface area contributed by atoms with Gasteiger partial charge in [0, 0.05) is 11.1 Å². The van der Waals surface area contributed by atoms with E-state index in [1.807, 2.05) is 0 Å². The van der Waals surface area contributed by atoms with E-state index in [2.05, 4.69) is 4.98 Å². The van der Waals surface area contributed by atoms with Gasteiger partial charge in [-0.3, -0.25) is 4.79 Å². The molecule has 0 saturated heterocycles. The number of hydrogen-bond acceptors (Lipinski definition) is 6. The van der Waals surface area contributed by atoms with Crippen LogP contribution in [0.2, 0.25) is 0 Å². The van der Waals surface area contributed by atoms with Crippen LogP contribution in [0.4, 0.5) is 0 Å². The van der Waals surface area contributed by atoms with Crippen LogP contribution >= 0.6 is 0 Å². The first-order chi connectivity index (χ1) is 10.6. The fraction of sp³-hybridized carbons (Fsp3) is 0.250. The van der Waals surface area contributed by atoms with Gasteiger partial charge in [0.25, 0.3) is 5.88 Å². The van der Waals surface area contributed by atoms with Crippen LogP contribution in [0.3, 0.4) is 0 Å². The summed E-state index contributed by atoms with van der Waals surface area (Å²) >= 11 is 0.